The van der Waals surface area contributed by atoms with Crippen LogP contribution in [0.25, 0.3) is 89.7 Å². The van der Waals surface area contributed by atoms with Gasteiger partial charge in [0.1, 0.15) is 0 Å². The minimum Gasteiger partial charge on any atom is -0.248 e. The van der Waals surface area contributed by atoms with Gasteiger partial charge >= 0.3 is 0 Å². The molecule has 2 aromatic heterocycles. The summed E-state index contributed by atoms with van der Waals surface area (Å²) in [4.78, 5) is 20.4. The van der Waals surface area contributed by atoms with Gasteiger partial charge in [-0.15, -0.1) is 0 Å². The normalized spacial score (nSPS) is 12.7. The number of hydrogen-bond donors (Lipinski definition) is 0. The average Bonchev–Trinajstić information content (AvgIpc) is 3.48. The van der Waals surface area contributed by atoms with Crippen molar-refractivity contribution < 1.29 is 0 Å². The molecule has 0 spiro atoms. The van der Waals surface area contributed by atoms with Crippen molar-refractivity contribution in [1.82, 2.24) is 19.9 Å². The monoisotopic (exact) mass is 704 g/mol. The van der Waals surface area contributed by atoms with E-state index in [1.54, 1.807) is 0 Å². The van der Waals surface area contributed by atoms with Crippen LogP contribution < -0.4 is 0 Å². The summed E-state index contributed by atoms with van der Waals surface area (Å²) in [6, 6.07) is 63.8. The fourth-order valence-corrected chi connectivity index (χ4v) is 8.06. The second-order valence-corrected chi connectivity index (χ2v) is 14.7. The SMILES string of the molecule is CC1(C)c2ccccc2-c2cc3c(-c4cccc(-c5nc(-c6ccccc6)nc(-c6ccccc6)n5)c4)cc(-c4cccc(-c5ccccc5)c4)nc3cc21. The predicted molar refractivity (Wildman–Crippen MR) is 225 cm³/mol. The Morgan fingerprint density at radius 2 is 0.836 bits per heavy atom. The van der Waals surface area contributed by atoms with Gasteiger partial charge in [-0.05, 0) is 74.8 Å². The van der Waals surface area contributed by atoms with Gasteiger partial charge < -0.3 is 0 Å². The minimum atomic E-state index is -0.142. The molecule has 0 bridgehead atoms. The van der Waals surface area contributed by atoms with Crippen molar-refractivity contribution in [2.75, 3.05) is 0 Å². The van der Waals surface area contributed by atoms with E-state index in [9.17, 15) is 0 Å². The van der Waals surface area contributed by atoms with Crippen LogP contribution in [0.4, 0.5) is 0 Å². The zero-order valence-electron chi connectivity index (χ0n) is 30.6. The summed E-state index contributed by atoms with van der Waals surface area (Å²) in [6.07, 6.45) is 0. The van der Waals surface area contributed by atoms with E-state index in [4.69, 9.17) is 19.9 Å². The van der Waals surface area contributed by atoms with Crippen LogP contribution in [0.5, 0.6) is 0 Å². The standard InChI is InChI=1S/C51H36N4/c1-51(2)44-27-13-12-26-40(44)42-30-43-41(31-46(52-47(43)32-45(42)51)38-24-14-22-36(28-38)33-16-6-3-7-17-33)37-23-15-25-39(29-37)50-54-48(34-18-8-4-9-19-34)53-49(55-50)35-20-10-5-11-21-35/h3-32H,1-2H3. The molecule has 0 atom stereocenters. The maximum atomic E-state index is 5.41. The Kier molecular flexibility index (Phi) is 7.77. The minimum absolute atomic E-state index is 0.142. The Morgan fingerprint density at radius 3 is 1.51 bits per heavy atom. The highest BCUT2D eigenvalue weighted by atomic mass is 15.0. The predicted octanol–water partition coefficient (Wildman–Crippen LogP) is 12.7. The van der Waals surface area contributed by atoms with Crippen LogP contribution in [0, 0.1) is 0 Å². The number of pyridine rings is 1. The molecule has 1 aliphatic carbocycles. The molecular weight excluding hydrogens is 669 g/mol. The van der Waals surface area contributed by atoms with E-state index in [0.29, 0.717) is 17.5 Å². The smallest absolute Gasteiger partial charge is 0.164 e. The van der Waals surface area contributed by atoms with Gasteiger partial charge in [-0.25, -0.2) is 19.9 Å². The topological polar surface area (TPSA) is 51.6 Å². The molecule has 7 aromatic carbocycles. The first-order valence-corrected chi connectivity index (χ1v) is 18.7. The number of rotatable bonds is 6. The number of hydrogen-bond acceptors (Lipinski definition) is 4. The molecule has 10 rings (SSSR count). The molecule has 0 aliphatic heterocycles. The number of benzene rings is 7. The van der Waals surface area contributed by atoms with Gasteiger partial charge in [-0.2, -0.15) is 0 Å². The van der Waals surface area contributed by atoms with Crippen molar-refractivity contribution in [2.24, 2.45) is 0 Å². The van der Waals surface area contributed by atoms with Gasteiger partial charge in [0.2, 0.25) is 0 Å². The van der Waals surface area contributed by atoms with E-state index >= 15 is 0 Å². The first-order valence-electron chi connectivity index (χ1n) is 18.7. The molecule has 0 saturated heterocycles. The maximum Gasteiger partial charge on any atom is 0.164 e. The van der Waals surface area contributed by atoms with Gasteiger partial charge in [-0.3, -0.25) is 0 Å². The highest BCUT2D eigenvalue weighted by molar-refractivity contribution is 6.02. The Labute approximate surface area is 320 Å². The fraction of sp³-hybridized carbons (Fsp3) is 0.0588. The van der Waals surface area contributed by atoms with Crippen LogP contribution in [0.3, 0.4) is 0 Å². The van der Waals surface area contributed by atoms with Crippen LogP contribution in [0.2, 0.25) is 0 Å². The Morgan fingerprint density at radius 1 is 0.327 bits per heavy atom. The number of aromatic nitrogens is 4. The van der Waals surface area contributed by atoms with E-state index in [1.165, 1.54) is 27.8 Å². The fourth-order valence-electron chi connectivity index (χ4n) is 8.06. The molecule has 4 heteroatoms. The molecule has 2 heterocycles. The van der Waals surface area contributed by atoms with Crippen molar-refractivity contribution in [3.63, 3.8) is 0 Å². The summed E-state index contributed by atoms with van der Waals surface area (Å²) in [6.45, 7) is 4.65. The largest absolute Gasteiger partial charge is 0.248 e. The Hall–Kier alpha value is -7.04. The highest BCUT2D eigenvalue weighted by Gasteiger charge is 2.35. The van der Waals surface area contributed by atoms with Crippen molar-refractivity contribution in [2.45, 2.75) is 19.3 Å². The third-order valence-electron chi connectivity index (χ3n) is 10.9. The van der Waals surface area contributed by atoms with Gasteiger partial charge in [-0.1, -0.05) is 166 Å². The van der Waals surface area contributed by atoms with Gasteiger partial charge in [0, 0.05) is 33.1 Å². The molecule has 1 aliphatic rings. The van der Waals surface area contributed by atoms with E-state index in [2.05, 4.69) is 135 Å². The number of fused-ring (bicyclic) bond motifs is 4. The lowest BCUT2D eigenvalue weighted by Gasteiger charge is -2.22. The van der Waals surface area contributed by atoms with Gasteiger partial charge in [0.25, 0.3) is 0 Å². The lowest BCUT2D eigenvalue weighted by Crippen LogP contribution is -2.14. The highest BCUT2D eigenvalue weighted by Crippen LogP contribution is 2.50. The second-order valence-electron chi connectivity index (χ2n) is 14.7. The summed E-state index contributed by atoms with van der Waals surface area (Å²) in [7, 11) is 0. The van der Waals surface area contributed by atoms with E-state index in [-0.39, 0.29) is 5.41 Å². The van der Waals surface area contributed by atoms with Crippen molar-refractivity contribution in [3.05, 3.63) is 193 Å². The molecule has 0 fully saturated rings. The van der Waals surface area contributed by atoms with Crippen LogP contribution in [-0.4, -0.2) is 19.9 Å². The average molecular weight is 705 g/mol. The molecule has 260 valence electrons. The Balaban J connectivity index is 1.18. The third kappa shape index (κ3) is 5.80. The van der Waals surface area contributed by atoms with Crippen LogP contribution in [0.15, 0.2) is 182 Å². The molecule has 0 N–H and O–H groups in total. The molecule has 4 nitrogen and oxygen atoms in total. The molecule has 0 unspecified atom stereocenters. The van der Waals surface area contributed by atoms with Crippen LogP contribution in [-0.2, 0) is 5.41 Å². The summed E-state index contributed by atoms with van der Waals surface area (Å²) in [5.41, 5.74) is 15.3. The molecule has 9 aromatic rings. The maximum absolute atomic E-state index is 5.41. The summed E-state index contributed by atoms with van der Waals surface area (Å²) in [5, 5.41) is 1.11. The van der Waals surface area contributed by atoms with Crippen molar-refractivity contribution in [3.8, 4) is 78.8 Å². The first kappa shape index (κ1) is 32.6. The van der Waals surface area contributed by atoms with Crippen LogP contribution in [0.1, 0.15) is 25.0 Å². The lowest BCUT2D eigenvalue weighted by molar-refractivity contribution is 0.661. The molecular formula is C51H36N4. The van der Waals surface area contributed by atoms with Crippen molar-refractivity contribution >= 4 is 10.9 Å². The van der Waals surface area contributed by atoms with E-state index in [0.717, 1.165) is 55.5 Å². The van der Waals surface area contributed by atoms with Gasteiger partial charge in [0.05, 0.1) is 11.2 Å². The zero-order chi connectivity index (χ0) is 36.9. The zero-order valence-corrected chi connectivity index (χ0v) is 30.6. The molecule has 0 amide bonds. The lowest BCUT2D eigenvalue weighted by atomic mass is 9.82. The first-order chi connectivity index (χ1) is 27.0. The molecule has 0 saturated carbocycles. The quantitative estimate of drug-likeness (QED) is 0.173. The second kappa shape index (κ2) is 13.1. The molecule has 55 heavy (non-hydrogen) atoms. The van der Waals surface area contributed by atoms with Crippen molar-refractivity contribution in [1.29, 1.82) is 0 Å². The summed E-state index contributed by atoms with van der Waals surface area (Å²) >= 11 is 0. The summed E-state index contributed by atoms with van der Waals surface area (Å²) in [5.74, 6) is 1.91. The van der Waals surface area contributed by atoms with E-state index < -0.39 is 0 Å². The third-order valence-corrected chi connectivity index (χ3v) is 10.9. The molecule has 0 radical (unpaired) electrons. The van der Waals surface area contributed by atoms with Gasteiger partial charge in [0.15, 0.2) is 17.5 Å². The van der Waals surface area contributed by atoms with E-state index in [1.807, 2.05) is 60.7 Å². The van der Waals surface area contributed by atoms with Crippen LogP contribution >= 0.6 is 0 Å². The number of nitrogens with zero attached hydrogens (tertiary/aromatic N) is 4. The Bertz CT molecular complexity index is 2820. The summed E-state index contributed by atoms with van der Waals surface area (Å²) < 4.78 is 0.